The number of nitro groups is 1. The van der Waals surface area contributed by atoms with Gasteiger partial charge in [0.05, 0.1) is 35.3 Å². The number of carbonyl (C=O) groups is 2. The van der Waals surface area contributed by atoms with Gasteiger partial charge >= 0.3 is 11.9 Å². The molecule has 0 spiro atoms. The van der Waals surface area contributed by atoms with E-state index in [1.165, 1.54) is 38.1 Å². The maximum Gasteiger partial charge on any atom is 0.341 e. The van der Waals surface area contributed by atoms with Crippen molar-refractivity contribution in [3.05, 3.63) is 92.7 Å². The summed E-state index contributed by atoms with van der Waals surface area (Å²) in [6.45, 7) is 0.583. The van der Waals surface area contributed by atoms with E-state index in [9.17, 15) is 19.7 Å². The maximum absolute atomic E-state index is 12.6. The molecule has 1 heterocycles. The van der Waals surface area contributed by atoms with Crippen molar-refractivity contribution in [1.29, 1.82) is 0 Å². The lowest BCUT2D eigenvalue weighted by Crippen LogP contribution is -2.06. The number of thioether (sulfide) groups is 1. The largest absolute Gasteiger partial charge is 0.465 e. The molecule has 0 amide bonds. The zero-order chi connectivity index (χ0) is 24.7. The van der Waals surface area contributed by atoms with Crippen LogP contribution < -0.4 is 0 Å². The smallest absolute Gasteiger partial charge is 0.341 e. The van der Waals surface area contributed by atoms with Crippen molar-refractivity contribution in [2.24, 2.45) is 0 Å². The van der Waals surface area contributed by atoms with Gasteiger partial charge in [0.15, 0.2) is 0 Å². The van der Waals surface area contributed by atoms with E-state index in [1.807, 2.05) is 29.2 Å². The van der Waals surface area contributed by atoms with Gasteiger partial charge in [-0.15, -0.1) is 11.8 Å². The second-order valence-electron chi connectivity index (χ2n) is 7.27. The lowest BCUT2D eigenvalue weighted by molar-refractivity contribution is -0.384. The van der Waals surface area contributed by atoms with E-state index in [1.54, 1.807) is 36.4 Å². The topological polar surface area (TPSA) is 101 Å². The van der Waals surface area contributed by atoms with Gasteiger partial charge in [0.2, 0.25) is 0 Å². The molecule has 0 aliphatic heterocycles. The van der Waals surface area contributed by atoms with Crippen LogP contribution in [0.2, 0.25) is 0 Å². The number of rotatable bonds is 9. The number of esters is 2. The van der Waals surface area contributed by atoms with Crippen molar-refractivity contribution in [3.8, 4) is 0 Å². The van der Waals surface area contributed by atoms with Gasteiger partial charge in [0.25, 0.3) is 5.69 Å². The molecule has 176 valence electrons. The molecule has 2 aromatic carbocycles. The number of aryl methyl sites for hydroxylation is 2. The number of aromatic nitrogens is 1. The molecule has 0 saturated heterocycles. The molecule has 0 unspecified atom stereocenters. The van der Waals surface area contributed by atoms with Gasteiger partial charge < -0.3 is 14.0 Å². The molecule has 9 heteroatoms. The first-order valence-corrected chi connectivity index (χ1v) is 11.6. The summed E-state index contributed by atoms with van der Waals surface area (Å²) >= 11 is 1.44. The van der Waals surface area contributed by atoms with Crippen LogP contribution in [0.15, 0.2) is 59.8 Å². The van der Waals surface area contributed by atoms with E-state index in [2.05, 4.69) is 0 Å². The number of hydrogen-bond acceptors (Lipinski definition) is 7. The average Bonchev–Trinajstić information content (AvgIpc) is 3.23. The quantitative estimate of drug-likeness (QED) is 0.182. The van der Waals surface area contributed by atoms with Gasteiger partial charge in [0.1, 0.15) is 0 Å². The normalized spacial score (nSPS) is 10.9. The number of methoxy groups -OCH3 is 2. The highest BCUT2D eigenvalue weighted by Gasteiger charge is 2.21. The van der Waals surface area contributed by atoms with E-state index < -0.39 is 16.9 Å². The summed E-state index contributed by atoms with van der Waals surface area (Å²) in [4.78, 5) is 34.6. The Bertz CT molecular complexity index is 1210. The molecule has 0 radical (unpaired) electrons. The summed E-state index contributed by atoms with van der Waals surface area (Å²) in [5, 5.41) is 11.6. The van der Waals surface area contributed by atoms with Gasteiger partial charge in [-0.25, -0.2) is 9.59 Å². The molecular weight excluding hydrogens is 456 g/mol. The molecule has 34 heavy (non-hydrogen) atoms. The number of nitrogens with zero attached hydrogens (tertiary/aromatic N) is 2. The lowest BCUT2D eigenvalue weighted by atomic mass is 10.1. The van der Waals surface area contributed by atoms with Crippen LogP contribution in [-0.2, 0) is 22.4 Å². The average molecular weight is 481 g/mol. The van der Waals surface area contributed by atoms with Crippen molar-refractivity contribution in [1.82, 2.24) is 4.57 Å². The van der Waals surface area contributed by atoms with Crippen molar-refractivity contribution < 1.29 is 24.0 Å². The predicted molar refractivity (Wildman–Crippen MR) is 131 cm³/mol. The van der Waals surface area contributed by atoms with Crippen LogP contribution in [0.5, 0.6) is 0 Å². The fourth-order valence-electron chi connectivity index (χ4n) is 3.45. The molecule has 0 bridgehead atoms. The van der Waals surface area contributed by atoms with Crippen molar-refractivity contribution in [3.63, 3.8) is 0 Å². The summed E-state index contributed by atoms with van der Waals surface area (Å²) in [6.07, 6.45) is 8.11. The minimum atomic E-state index is -0.431. The van der Waals surface area contributed by atoms with Gasteiger partial charge in [-0.1, -0.05) is 36.4 Å². The third-order valence-electron chi connectivity index (χ3n) is 5.22. The first-order valence-electron chi connectivity index (χ1n) is 10.3. The van der Waals surface area contributed by atoms with Gasteiger partial charge in [-0.05, 0) is 35.9 Å². The van der Waals surface area contributed by atoms with Gasteiger partial charge in [-0.3, -0.25) is 10.1 Å². The molecule has 0 saturated carbocycles. The molecule has 0 fully saturated rings. The van der Waals surface area contributed by atoms with E-state index in [4.69, 9.17) is 9.47 Å². The van der Waals surface area contributed by atoms with Crippen molar-refractivity contribution >= 4 is 41.5 Å². The van der Waals surface area contributed by atoms with Gasteiger partial charge in [0, 0.05) is 30.4 Å². The van der Waals surface area contributed by atoms with Crippen LogP contribution in [-0.4, -0.2) is 41.9 Å². The van der Waals surface area contributed by atoms with Crippen LogP contribution in [0.1, 0.15) is 37.4 Å². The van der Waals surface area contributed by atoms with Gasteiger partial charge in [-0.2, -0.15) is 0 Å². The Morgan fingerprint density at radius 2 is 1.65 bits per heavy atom. The van der Waals surface area contributed by atoms with Crippen LogP contribution in [0, 0.1) is 10.1 Å². The Balaban J connectivity index is 1.86. The summed E-state index contributed by atoms with van der Waals surface area (Å²) in [6, 6.07) is 13.4. The summed E-state index contributed by atoms with van der Waals surface area (Å²) in [5.74, 6) is -0.836. The number of carbonyl (C=O) groups excluding carboxylic acids is 2. The molecule has 0 atom stereocenters. The zero-order valence-electron chi connectivity index (χ0n) is 19.0. The summed E-state index contributed by atoms with van der Waals surface area (Å²) < 4.78 is 11.7. The monoisotopic (exact) mass is 480 g/mol. The third kappa shape index (κ3) is 5.74. The summed E-state index contributed by atoms with van der Waals surface area (Å²) in [5.41, 5.74) is 3.49. The second-order valence-corrected chi connectivity index (χ2v) is 8.07. The van der Waals surface area contributed by atoms with E-state index >= 15 is 0 Å². The summed E-state index contributed by atoms with van der Waals surface area (Å²) in [7, 11) is 2.68. The highest BCUT2D eigenvalue weighted by atomic mass is 32.2. The molecule has 3 rings (SSSR count). The Kier molecular flexibility index (Phi) is 8.26. The van der Waals surface area contributed by atoms with E-state index in [0.717, 1.165) is 16.2 Å². The molecule has 0 aliphatic rings. The lowest BCUT2D eigenvalue weighted by Gasteiger charge is -2.09. The molecular formula is C25H24N2O6S. The van der Waals surface area contributed by atoms with Crippen molar-refractivity contribution in [2.75, 3.05) is 20.5 Å². The highest BCUT2D eigenvalue weighted by molar-refractivity contribution is 7.98. The maximum atomic E-state index is 12.6. The first kappa shape index (κ1) is 24.8. The number of hydrogen-bond donors (Lipinski definition) is 0. The number of ether oxygens (including phenoxy) is 2. The Morgan fingerprint density at radius 1 is 1.00 bits per heavy atom. The number of non-ortho nitro benzene ring substituents is 1. The molecule has 8 nitrogen and oxygen atoms in total. The molecule has 1 aromatic heterocycles. The van der Waals surface area contributed by atoms with Crippen LogP contribution in [0.4, 0.5) is 5.69 Å². The minimum Gasteiger partial charge on any atom is -0.465 e. The SMILES string of the molecule is COC(=O)c1ccc(/C=C/c2cn(CCc3ccc([N+](=O)[O-])cc3)c(SC)c2C(=O)OC)cc1. The van der Waals surface area contributed by atoms with Crippen LogP contribution in [0.25, 0.3) is 12.2 Å². The zero-order valence-corrected chi connectivity index (χ0v) is 19.8. The van der Waals surface area contributed by atoms with E-state index in [-0.39, 0.29) is 5.69 Å². The standard InChI is InChI=1S/C25H24N2O6S/c1-32-24(28)19-9-4-17(5-10-19)6-11-20-16-26(23(34-3)22(20)25(29)33-2)15-14-18-7-12-21(13-8-18)27(30)31/h4-13,16H,14-15H2,1-3H3/b11-6+. The fourth-order valence-corrected chi connectivity index (χ4v) is 4.23. The second kappa shape index (κ2) is 11.3. The first-order chi connectivity index (χ1) is 16.4. The fraction of sp³-hybridized carbons (Fsp3) is 0.200. The van der Waals surface area contributed by atoms with E-state index in [0.29, 0.717) is 29.7 Å². The Hall–Kier alpha value is -3.85. The van der Waals surface area contributed by atoms with Crippen molar-refractivity contribution in [2.45, 2.75) is 18.0 Å². The minimum absolute atomic E-state index is 0.0505. The molecule has 0 N–H and O–H groups in total. The molecule has 3 aromatic rings. The third-order valence-corrected chi connectivity index (χ3v) is 6.04. The Morgan fingerprint density at radius 3 is 2.21 bits per heavy atom. The number of nitro benzene ring substituents is 1. The number of benzene rings is 2. The predicted octanol–water partition coefficient (Wildman–Crippen LogP) is 5.10. The Labute approximate surface area is 201 Å². The molecule has 0 aliphatic carbocycles. The van der Waals surface area contributed by atoms with Crippen LogP contribution in [0.3, 0.4) is 0 Å². The van der Waals surface area contributed by atoms with Crippen LogP contribution >= 0.6 is 11.8 Å². The highest BCUT2D eigenvalue weighted by Crippen LogP contribution is 2.29.